The minimum atomic E-state index is -0.466. The number of nitrogens with zero attached hydrogens (tertiary/aromatic N) is 2. The zero-order valence-electron chi connectivity index (χ0n) is 9.16. The summed E-state index contributed by atoms with van der Waals surface area (Å²) in [5, 5.41) is 13.5. The number of nitrogens with one attached hydrogen (secondary N) is 1. The van der Waals surface area contributed by atoms with Crippen LogP contribution in [0.1, 0.15) is 0 Å². The largest absolute Gasteiger partial charge is 0.367 e. The van der Waals surface area contributed by atoms with E-state index in [9.17, 15) is 14.9 Å². The molecule has 1 aromatic rings. The maximum absolute atomic E-state index is 11.5. The molecule has 1 aliphatic heterocycles. The van der Waals surface area contributed by atoms with Crippen molar-refractivity contribution >= 4 is 45.6 Å². The second-order valence-electron chi connectivity index (χ2n) is 3.52. The first kappa shape index (κ1) is 12.8. The SMILES string of the molecule is O=C1CSC(=S)N1CNc1cccc([N+](=O)[O-])c1. The molecule has 0 aromatic heterocycles. The van der Waals surface area contributed by atoms with E-state index in [2.05, 4.69) is 5.32 Å². The summed E-state index contributed by atoms with van der Waals surface area (Å²) in [6, 6.07) is 6.10. The second-order valence-corrected chi connectivity index (χ2v) is 5.13. The molecule has 0 aliphatic carbocycles. The van der Waals surface area contributed by atoms with Gasteiger partial charge in [-0.25, -0.2) is 0 Å². The average Bonchev–Trinajstić information content (AvgIpc) is 2.67. The molecule has 2 rings (SSSR count). The Morgan fingerprint density at radius 2 is 2.33 bits per heavy atom. The van der Waals surface area contributed by atoms with E-state index in [1.54, 1.807) is 12.1 Å². The van der Waals surface area contributed by atoms with Gasteiger partial charge in [-0.05, 0) is 6.07 Å². The number of nitro groups is 1. The number of hydrogen-bond acceptors (Lipinski definition) is 6. The Hall–Kier alpha value is -1.67. The molecule has 94 valence electrons. The van der Waals surface area contributed by atoms with Crippen LogP contribution in [0.25, 0.3) is 0 Å². The third-order valence-electron chi connectivity index (χ3n) is 2.34. The Labute approximate surface area is 112 Å². The van der Waals surface area contributed by atoms with Gasteiger partial charge in [0, 0.05) is 17.8 Å². The molecule has 8 heteroatoms. The summed E-state index contributed by atoms with van der Waals surface area (Å²) >= 11 is 6.34. The van der Waals surface area contributed by atoms with Gasteiger partial charge >= 0.3 is 0 Å². The first-order valence-corrected chi connectivity index (χ1v) is 6.43. The summed E-state index contributed by atoms with van der Waals surface area (Å²) in [6.07, 6.45) is 0. The lowest BCUT2D eigenvalue weighted by molar-refractivity contribution is -0.384. The van der Waals surface area contributed by atoms with Crippen LogP contribution in [0, 0.1) is 10.1 Å². The number of amides is 1. The Bertz CT molecular complexity index is 505. The van der Waals surface area contributed by atoms with Crippen LogP contribution in [-0.2, 0) is 4.79 Å². The van der Waals surface area contributed by atoms with Crippen molar-refractivity contribution in [3.05, 3.63) is 34.4 Å². The van der Waals surface area contributed by atoms with E-state index >= 15 is 0 Å². The number of nitro benzene ring substituents is 1. The zero-order chi connectivity index (χ0) is 13.1. The lowest BCUT2D eigenvalue weighted by Crippen LogP contribution is -2.33. The molecule has 6 nitrogen and oxygen atoms in total. The molecular weight excluding hydrogens is 274 g/mol. The standard InChI is InChI=1S/C10H9N3O3S2/c14-9-5-18-10(17)12(9)6-11-7-2-1-3-8(4-7)13(15)16/h1-4,11H,5-6H2. The van der Waals surface area contributed by atoms with Crippen molar-refractivity contribution in [2.24, 2.45) is 0 Å². The highest BCUT2D eigenvalue weighted by atomic mass is 32.2. The molecule has 1 N–H and O–H groups in total. The van der Waals surface area contributed by atoms with Gasteiger partial charge in [0.25, 0.3) is 5.69 Å². The maximum atomic E-state index is 11.5. The zero-order valence-corrected chi connectivity index (χ0v) is 10.8. The predicted octanol–water partition coefficient (Wildman–Crippen LogP) is 1.82. The van der Waals surface area contributed by atoms with E-state index in [1.165, 1.54) is 28.8 Å². The van der Waals surface area contributed by atoms with Crippen LogP contribution in [0.3, 0.4) is 0 Å². The maximum Gasteiger partial charge on any atom is 0.271 e. The monoisotopic (exact) mass is 283 g/mol. The lowest BCUT2D eigenvalue weighted by Gasteiger charge is -2.16. The van der Waals surface area contributed by atoms with Crippen LogP contribution in [0.15, 0.2) is 24.3 Å². The number of anilines is 1. The highest BCUT2D eigenvalue weighted by Gasteiger charge is 2.26. The minimum Gasteiger partial charge on any atom is -0.367 e. The Morgan fingerprint density at radius 3 is 2.94 bits per heavy atom. The van der Waals surface area contributed by atoms with Crippen molar-refractivity contribution in [3.8, 4) is 0 Å². The van der Waals surface area contributed by atoms with Crippen molar-refractivity contribution in [3.63, 3.8) is 0 Å². The molecule has 0 radical (unpaired) electrons. The molecule has 0 spiro atoms. The predicted molar refractivity (Wildman–Crippen MR) is 73.5 cm³/mol. The summed E-state index contributed by atoms with van der Waals surface area (Å²) in [5.41, 5.74) is 0.585. The summed E-state index contributed by atoms with van der Waals surface area (Å²) in [7, 11) is 0. The van der Waals surface area contributed by atoms with Gasteiger partial charge in [-0.2, -0.15) is 0 Å². The molecule has 0 saturated carbocycles. The molecule has 1 heterocycles. The lowest BCUT2D eigenvalue weighted by atomic mass is 10.3. The van der Waals surface area contributed by atoms with Gasteiger partial charge in [-0.3, -0.25) is 19.8 Å². The third kappa shape index (κ3) is 2.77. The van der Waals surface area contributed by atoms with Gasteiger partial charge in [-0.1, -0.05) is 30.0 Å². The van der Waals surface area contributed by atoms with Gasteiger partial charge in [0.1, 0.15) is 4.32 Å². The molecule has 1 fully saturated rings. The van der Waals surface area contributed by atoms with Crippen molar-refractivity contribution < 1.29 is 9.72 Å². The van der Waals surface area contributed by atoms with Crippen LogP contribution in [-0.4, -0.2) is 32.5 Å². The summed E-state index contributed by atoms with van der Waals surface area (Å²) in [4.78, 5) is 23.0. The topological polar surface area (TPSA) is 75.5 Å². The number of rotatable bonds is 4. The quantitative estimate of drug-likeness (QED) is 0.516. The number of hydrogen-bond donors (Lipinski definition) is 1. The van der Waals surface area contributed by atoms with Gasteiger partial charge < -0.3 is 5.32 Å². The molecule has 1 amide bonds. The molecular formula is C10H9N3O3S2. The van der Waals surface area contributed by atoms with E-state index < -0.39 is 4.92 Å². The van der Waals surface area contributed by atoms with Crippen molar-refractivity contribution in [2.75, 3.05) is 17.7 Å². The summed E-state index contributed by atoms with van der Waals surface area (Å²) < 4.78 is 0.526. The average molecular weight is 283 g/mol. The third-order valence-corrected chi connectivity index (χ3v) is 3.77. The van der Waals surface area contributed by atoms with Crippen molar-refractivity contribution in [2.45, 2.75) is 0 Å². The minimum absolute atomic E-state index is 0.00435. The summed E-state index contributed by atoms with van der Waals surface area (Å²) in [5.74, 6) is 0.304. The highest BCUT2D eigenvalue weighted by Crippen LogP contribution is 2.20. The van der Waals surface area contributed by atoms with E-state index in [0.29, 0.717) is 15.8 Å². The number of non-ortho nitro benzene ring substituents is 1. The molecule has 18 heavy (non-hydrogen) atoms. The van der Waals surface area contributed by atoms with E-state index in [4.69, 9.17) is 12.2 Å². The van der Waals surface area contributed by atoms with E-state index in [0.717, 1.165) is 0 Å². The van der Waals surface area contributed by atoms with Crippen LogP contribution in [0.4, 0.5) is 11.4 Å². The van der Waals surface area contributed by atoms with Crippen LogP contribution >= 0.6 is 24.0 Å². The molecule has 0 atom stereocenters. The van der Waals surface area contributed by atoms with Crippen LogP contribution < -0.4 is 5.32 Å². The Balaban J connectivity index is 2.02. The molecule has 1 saturated heterocycles. The molecule has 0 bridgehead atoms. The Kier molecular flexibility index (Phi) is 3.78. The highest BCUT2D eigenvalue weighted by molar-refractivity contribution is 8.23. The number of thioether (sulfide) groups is 1. The molecule has 0 unspecified atom stereocenters. The second kappa shape index (κ2) is 5.32. The van der Waals surface area contributed by atoms with Crippen LogP contribution in [0.5, 0.6) is 0 Å². The Morgan fingerprint density at radius 1 is 1.56 bits per heavy atom. The first-order chi connectivity index (χ1) is 8.58. The van der Waals surface area contributed by atoms with E-state index in [-0.39, 0.29) is 18.3 Å². The van der Waals surface area contributed by atoms with Crippen molar-refractivity contribution in [1.29, 1.82) is 0 Å². The normalized spacial score (nSPS) is 15.0. The molecule has 1 aromatic carbocycles. The smallest absolute Gasteiger partial charge is 0.271 e. The number of thiocarbonyl (C=S) groups is 1. The summed E-state index contributed by atoms with van der Waals surface area (Å²) in [6.45, 7) is 0.228. The van der Waals surface area contributed by atoms with Gasteiger partial charge in [0.2, 0.25) is 5.91 Å². The van der Waals surface area contributed by atoms with Crippen LogP contribution in [0.2, 0.25) is 0 Å². The van der Waals surface area contributed by atoms with Gasteiger partial charge in [-0.15, -0.1) is 0 Å². The first-order valence-electron chi connectivity index (χ1n) is 5.03. The fraction of sp³-hybridized carbons (Fsp3) is 0.200. The van der Waals surface area contributed by atoms with E-state index in [1.807, 2.05) is 0 Å². The van der Waals surface area contributed by atoms with Gasteiger partial charge in [0.05, 0.1) is 17.3 Å². The number of carbonyl (C=O) groups is 1. The molecule has 1 aliphatic rings. The van der Waals surface area contributed by atoms with Crippen molar-refractivity contribution in [1.82, 2.24) is 4.90 Å². The number of carbonyl (C=O) groups excluding carboxylic acids is 1. The fourth-order valence-corrected chi connectivity index (χ4v) is 2.50. The van der Waals surface area contributed by atoms with Gasteiger partial charge in [0.15, 0.2) is 0 Å². The number of benzene rings is 1. The fourth-order valence-electron chi connectivity index (χ4n) is 1.43.